The molecule has 0 spiro atoms. The minimum absolute atomic E-state index is 0.196. The third-order valence-electron chi connectivity index (χ3n) is 9.17. The van der Waals surface area contributed by atoms with E-state index >= 15 is 0 Å². The Morgan fingerprint density at radius 1 is 0.628 bits per heavy atom. The van der Waals surface area contributed by atoms with E-state index in [0.29, 0.717) is 0 Å². The average Bonchev–Trinajstić information content (AvgIpc) is 3.46. The zero-order chi connectivity index (χ0) is 28.7. The second-order valence-electron chi connectivity index (χ2n) is 11.9. The third kappa shape index (κ3) is 3.38. The first kappa shape index (κ1) is 24.2. The number of anilines is 3. The highest BCUT2D eigenvalue weighted by Gasteiger charge is 2.37. The molecule has 43 heavy (non-hydrogen) atoms. The van der Waals surface area contributed by atoms with Crippen LogP contribution in [-0.2, 0) is 5.41 Å². The van der Waals surface area contributed by atoms with E-state index in [1.54, 1.807) is 0 Å². The van der Waals surface area contributed by atoms with Crippen LogP contribution >= 0.6 is 0 Å². The largest absolute Gasteiger partial charge is 0.310 e. The maximum Gasteiger partial charge on any atom is 0.146 e. The number of hydrogen-bond acceptors (Lipinski definition) is 3. The Hall–Kier alpha value is -5.48. The Labute approximate surface area is 249 Å². The molecular formula is C39H28N4. The molecule has 0 N–H and O–H groups in total. The van der Waals surface area contributed by atoms with E-state index < -0.39 is 0 Å². The fraction of sp³-hybridized carbons (Fsp3) is 0.0769. The topological polar surface area (TPSA) is 33.4 Å². The van der Waals surface area contributed by atoms with Crippen LogP contribution in [0.1, 0.15) is 25.0 Å². The van der Waals surface area contributed by atoms with Crippen molar-refractivity contribution in [3.63, 3.8) is 0 Å². The molecule has 1 aliphatic rings. The molecule has 4 nitrogen and oxygen atoms in total. The van der Waals surface area contributed by atoms with Crippen LogP contribution < -0.4 is 4.90 Å². The zero-order valence-corrected chi connectivity index (χ0v) is 24.0. The summed E-state index contributed by atoms with van der Waals surface area (Å²) in [6.07, 6.45) is 1.98. The molecule has 1 aliphatic heterocycles. The van der Waals surface area contributed by atoms with Crippen molar-refractivity contribution in [3.8, 4) is 11.3 Å². The van der Waals surface area contributed by atoms with Gasteiger partial charge in [-0.3, -0.25) is 9.38 Å². The molecule has 4 heteroatoms. The van der Waals surface area contributed by atoms with E-state index in [9.17, 15) is 0 Å². The normalized spacial score (nSPS) is 14.0. The Bertz CT molecular complexity index is 2380. The van der Waals surface area contributed by atoms with Gasteiger partial charge in [-0.15, -0.1) is 0 Å². The molecule has 0 saturated heterocycles. The molecule has 0 aliphatic carbocycles. The first-order valence-electron chi connectivity index (χ1n) is 14.8. The first-order chi connectivity index (χ1) is 21.1. The Morgan fingerprint density at radius 3 is 2.23 bits per heavy atom. The van der Waals surface area contributed by atoms with Gasteiger partial charge in [0.05, 0.1) is 34.3 Å². The number of pyridine rings is 2. The van der Waals surface area contributed by atoms with Crippen molar-refractivity contribution >= 4 is 55.4 Å². The van der Waals surface area contributed by atoms with Gasteiger partial charge in [-0.2, -0.15) is 0 Å². The maximum atomic E-state index is 5.27. The Morgan fingerprint density at radius 2 is 1.35 bits per heavy atom. The molecule has 4 heterocycles. The van der Waals surface area contributed by atoms with Crippen molar-refractivity contribution in [3.05, 3.63) is 145 Å². The van der Waals surface area contributed by atoms with Crippen LogP contribution in [0.3, 0.4) is 0 Å². The molecule has 9 rings (SSSR count). The van der Waals surface area contributed by atoms with Crippen molar-refractivity contribution in [2.75, 3.05) is 4.90 Å². The van der Waals surface area contributed by atoms with E-state index in [0.717, 1.165) is 49.9 Å². The summed E-state index contributed by atoms with van der Waals surface area (Å²) >= 11 is 0. The number of para-hydroxylation sites is 3. The minimum Gasteiger partial charge on any atom is -0.310 e. The predicted octanol–water partition coefficient (Wildman–Crippen LogP) is 9.96. The lowest BCUT2D eigenvalue weighted by Crippen LogP contribution is -2.30. The van der Waals surface area contributed by atoms with Crippen molar-refractivity contribution in [1.82, 2.24) is 14.4 Å². The molecule has 5 aromatic carbocycles. The van der Waals surface area contributed by atoms with Gasteiger partial charge >= 0.3 is 0 Å². The molecule has 0 radical (unpaired) electrons. The smallest absolute Gasteiger partial charge is 0.146 e. The predicted molar refractivity (Wildman–Crippen MR) is 178 cm³/mol. The molecule has 0 amide bonds. The van der Waals surface area contributed by atoms with Crippen molar-refractivity contribution in [1.29, 1.82) is 0 Å². The first-order valence-corrected chi connectivity index (χ1v) is 14.8. The van der Waals surface area contributed by atoms with Crippen LogP contribution in [0.5, 0.6) is 0 Å². The number of fused-ring (bicyclic) bond motifs is 9. The SMILES string of the molecule is CC1(C)c2ccccc2N(c2ccccc2)c2ccc(-c3cc4ccccc4c4nc5c6ccccc6ncc5n34)cc21. The van der Waals surface area contributed by atoms with Crippen LogP contribution in [0, 0.1) is 0 Å². The van der Waals surface area contributed by atoms with E-state index in [1.807, 2.05) is 12.3 Å². The van der Waals surface area contributed by atoms with Gasteiger partial charge in [0.2, 0.25) is 0 Å². The summed E-state index contributed by atoms with van der Waals surface area (Å²) in [4.78, 5) is 12.5. The second-order valence-corrected chi connectivity index (χ2v) is 11.9. The number of hydrogen-bond donors (Lipinski definition) is 0. The van der Waals surface area contributed by atoms with Gasteiger partial charge in [0.1, 0.15) is 11.2 Å². The van der Waals surface area contributed by atoms with Crippen LogP contribution in [-0.4, -0.2) is 14.4 Å². The van der Waals surface area contributed by atoms with Gasteiger partial charge in [-0.25, -0.2) is 4.98 Å². The molecule has 0 fully saturated rings. The van der Waals surface area contributed by atoms with E-state index in [4.69, 9.17) is 9.97 Å². The van der Waals surface area contributed by atoms with Crippen molar-refractivity contribution in [2.24, 2.45) is 0 Å². The summed E-state index contributed by atoms with van der Waals surface area (Å²) in [5.74, 6) is 0. The number of rotatable bonds is 2. The molecule has 0 bridgehead atoms. The van der Waals surface area contributed by atoms with Crippen LogP contribution in [0.4, 0.5) is 17.1 Å². The van der Waals surface area contributed by atoms with Gasteiger partial charge in [0, 0.05) is 21.9 Å². The van der Waals surface area contributed by atoms with Gasteiger partial charge in [-0.05, 0) is 64.5 Å². The monoisotopic (exact) mass is 552 g/mol. The summed E-state index contributed by atoms with van der Waals surface area (Å²) < 4.78 is 2.30. The molecule has 0 unspecified atom stereocenters. The fourth-order valence-electron chi connectivity index (χ4n) is 7.06. The third-order valence-corrected chi connectivity index (χ3v) is 9.17. The van der Waals surface area contributed by atoms with Crippen LogP contribution in [0.2, 0.25) is 0 Å². The summed E-state index contributed by atoms with van der Waals surface area (Å²) in [6, 6.07) is 45.6. The van der Waals surface area contributed by atoms with Gasteiger partial charge in [0.25, 0.3) is 0 Å². The minimum atomic E-state index is -0.196. The lowest BCUT2D eigenvalue weighted by Gasteiger charge is -2.42. The summed E-state index contributed by atoms with van der Waals surface area (Å²) in [6.45, 7) is 4.69. The van der Waals surface area contributed by atoms with Gasteiger partial charge in [-0.1, -0.05) is 98.8 Å². The van der Waals surface area contributed by atoms with E-state index in [1.165, 1.54) is 27.9 Å². The van der Waals surface area contributed by atoms with Crippen molar-refractivity contribution in [2.45, 2.75) is 19.3 Å². The Balaban J connectivity index is 1.36. The lowest BCUT2D eigenvalue weighted by molar-refractivity contribution is 0.632. The quantitative estimate of drug-likeness (QED) is 0.214. The average molecular weight is 553 g/mol. The highest BCUT2D eigenvalue weighted by molar-refractivity contribution is 6.08. The maximum absolute atomic E-state index is 5.27. The number of benzene rings is 5. The fourth-order valence-corrected chi connectivity index (χ4v) is 7.06. The molecule has 8 aromatic rings. The highest BCUT2D eigenvalue weighted by Crippen LogP contribution is 2.52. The summed E-state index contributed by atoms with van der Waals surface area (Å²) in [5.41, 5.74) is 12.2. The Kier molecular flexibility index (Phi) is 4.92. The molecule has 204 valence electrons. The number of nitrogens with zero attached hydrogens (tertiary/aromatic N) is 4. The lowest BCUT2D eigenvalue weighted by atomic mass is 9.73. The van der Waals surface area contributed by atoms with Crippen LogP contribution in [0.15, 0.2) is 134 Å². The number of aromatic nitrogens is 3. The van der Waals surface area contributed by atoms with E-state index in [-0.39, 0.29) is 5.41 Å². The standard InChI is InChI=1S/C39H28N4/c1-39(2)30-17-9-11-19-33(30)42(27-13-4-3-5-14-27)34-21-20-26(22-31(34)39)35-23-25-12-6-7-15-28(25)38-41-37-29-16-8-10-18-32(29)40-24-36(37)43(35)38/h3-24H,1-2H3. The summed E-state index contributed by atoms with van der Waals surface area (Å²) in [5, 5.41) is 3.38. The molecule has 3 aromatic heterocycles. The van der Waals surface area contributed by atoms with Gasteiger partial charge < -0.3 is 4.90 Å². The molecule has 0 saturated carbocycles. The number of imidazole rings is 1. The molecular weight excluding hydrogens is 524 g/mol. The van der Waals surface area contributed by atoms with E-state index in [2.05, 4.69) is 144 Å². The van der Waals surface area contributed by atoms with Crippen LogP contribution in [0.25, 0.3) is 49.6 Å². The highest BCUT2D eigenvalue weighted by atomic mass is 15.2. The van der Waals surface area contributed by atoms with Gasteiger partial charge in [0.15, 0.2) is 0 Å². The molecule has 0 atom stereocenters. The summed E-state index contributed by atoms with van der Waals surface area (Å²) in [7, 11) is 0. The zero-order valence-electron chi connectivity index (χ0n) is 24.0. The second kappa shape index (κ2) is 8.76. The van der Waals surface area contributed by atoms with Crippen molar-refractivity contribution < 1.29 is 0 Å².